The molecule has 82 valence electrons. The van der Waals surface area contributed by atoms with E-state index < -0.39 is 0 Å². The number of nitrogens with one attached hydrogen (secondary N) is 2. The lowest BCUT2D eigenvalue weighted by molar-refractivity contribution is -0.120. The SMILES string of the molecule is CC(C(=O)Nc1ccn[nH]1)C1CCCC1. The molecule has 0 bridgehead atoms. The van der Waals surface area contributed by atoms with Gasteiger partial charge in [0.15, 0.2) is 0 Å². The second-order valence-electron chi connectivity index (χ2n) is 4.29. The lowest BCUT2D eigenvalue weighted by atomic mass is 9.92. The topological polar surface area (TPSA) is 57.8 Å². The van der Waals surface area contributed by atoms with Gasteiger partial charge in [-0.05, 0) is 18.8 Å². The van der Waals surface area contributed by atoms with E-state index in [1.54, 1.807) is 12.3 Å². The minimum absolute atomic E-state index is 0.103. The molecule has 0 spiro atoms. The Labute approximate surface area is 89.5 Å². The van der Waals surface area contributed by atoms with E-state index in [0.29, 0.717) is 11.7 Å². The molecule has 1 amide bonds. The van der Waals surface area contributed by atoms with Crippen molar-refractivity contribution in [2.75, 3.05) is 5.32 Å². The van der Waals surface area contributed by atoms with E-state index in [1.165, 1.54) is 25.7 Å². The summed E-state index contributed by atoms with van der Waals surface area (Å²) < 4.78 is 0. The number of hydrogen-bond acceptors (Lipinski definition) is 2. The van der Waals surface area contributed by atoms with Gasteiger partial charge in [-0.3, -0.25) is 9.89 Å². The van der Waals surface area contributed by atoms with E-state index in [2.05, 4.69) is 15.5 Å². The van der Waals surface area contributed by atoms with Crippen molar-refractivity contribution in [3.8, 4) is 0 Å². The predicted molar refractivity (Wildman–Crippen MR) is 58.3 cm³/mol. The van der Waals surface area contributed by atoms with E-state index >= 15 is 0 Å². The summed E-state index contributed by atoms with van der Waals surface area (Å²) >= 11 is 0. The zero-order chi connectivity index (χ0) is 10.7. The Morgan fingerprint density at radius 3 is 2.93 bits per heavy atom. The lowest BCUT2D eigenvalue weighted by Gasteiger charge is -2.17. The predicted octanol–water partition coefficient (Wildman–Crippen LogP) is 2.17. The Kier molecular flexibility index (Phi) is 3.04. The zero-order valence-electron chi connectivity index (χ0n) is 8.99. The number of rotatable bonds is 3. The normalized spacial score (nSPS) is 19.0. The van der Waals surface area contributed by atoms with Crippen LogP contribution in [0.1, 0.15) is 32.6 Å². The van der Waals surface area contributed by atoms with Gasteiger partial charge >= 0.3 is 0 Å². The van der Waals surface area contributed by atoms with Gasteiger partial charge in [-0.25, -0.2) is 0 Å². The summed E-state index contributed by atoms with van der Waals surface area (Å²) in [7, 11) is 0. The molecule has 1 aromatic heterocycles. The molecule has 1 fully saturated rings. The van der Waals surface area contributed by atoms with Crippen LogP contribution in [0.2, 0.25) is 0 Å². The molecule has 1 heterocycles. The molecular formula is C11H17N3O. The lowest BCUT2D eigenvalue weighted by Crippen LogP contribution is -2.25. The van der Waals surface area contributed by atoms with Crippen LogP contribution in [-0.4, -0.2) is 16.1 Å². The summed E-state index contributed by atoms with van der Waals surface area (Å²) in [5.41, 5.74) is 0. The van der Waals surface area contributed by atoms with Crippen molar-refractivity contribution in [2.24, 2.45) is 11.8 Å². The molecule has 1 aliphatic rings. The summed E-state index contributed by atoms with van der Waals surface area (Å²) in [4.78, 5) is 11.8. The maximum absolute atomic E-state index is 11.8. The Hall–Kier alpha value is -1.32. The highest BCUT2D eigenvalue weighted by atomic mass is 16.1. The van der Waals surface area contributed by atoms with E-state index in [-0.39, 0.29) is 11.8 Å². The highest BCUT2D eigenvalue weighted by Gasteiger charge is 2.26. The van der Waals surface area contributed by atoms with Gasteiger partial charge in [-0.15, -0.1) is 0 Å². The van der Waals surface area contributed by atoms with Gasteiger partial charge in [0.25, 0.3) is 0 Å². The highest BCUT2D eigenvalue weighted by molar-refractivity contribution is 5.91. The number of H-pyrrole nitrogens is 1. The molecule has 1 aromatic rings. The van der Waals surface area contributed by atoms with Crippen molar-refractivity contribution >= 4 is 11.7 Å². The number of nitrogens with zero attached hydrogens (tertiary/aromatic N) is 1. The largest absolute Gasteiger partial charge is 0.311 e. The number of hydrogen-bond donors (Lipinski definition) is 2. The van der Waals surface area contributed by atoms with Crippen molar-refractivity contribution in [3.05, 3.63) is 12.3 Å². The molecule has 1 unspecified atom stereocenters. The molecule has 4 heteroatoms. The van der Waals surface area contributed by atoms with Crippen LogP contribution in [0.15, 0.2) is 12.3 Å². The first-order valence-electron chi connectivity index (χ1n) is 5.57. The van der Waals surface area contributed by atoms with Crippen molar-refractivity contribution in [1.82, 2.24) is 10.2 Å². The van der Waals surface area contributed by atoms with Crippen LogP contribution in [0.3, 0.4) is 0 Å². The number of amides is 1. The average Bonchev–Trinajstić information content (AvgIpc) is 2.88. The van der Waals surface area contributed by atoms with Gasteiger partial charge in [0, 0.05) is 12.0 Å². The molecule has 2 rings (SSSR count). The fourth-order valence-electron chi connectivity index (χ4n) is 2.24. The number of anilines is 1. The maximum atomic E-state index is 11.8. The Balaban J connectivity index is 1.89. The molecule has 0 aliphatic heterocycles. The third-order valence-corrected chi connectivity index (χ3v) is 3.28. The quantitative estimate of drug-likeness (QED) is 0.798. The van der Waals surface area contributed by atoms with Crippen LogP contribution in [0.25, 0.3) is 0 Å². The smallest absolute Gasteiger partial charge is 0.228 e. The second-order valence-corrected chi connectivity index (χ2v) is 4.29. The first-order chi connectivity index (χ1) is 7.27. The number of aromatic nitrogens is 2. The second kappa shape index (κ2) is 4.47. The van der Waals surface area contributed by atoms with Crippen LogP contribution in [0, 0.1) is 11.8 Å². The minimum Gasteiger partial charge on any atom is -0.311 e. The molecule has 1 aliphatic carbocycles. The van der Waals surface area contributed by atoms with Crippen molar-refractivity contribution < 1.29 is 4.79 Å². The number of aromatic amines is 1. The molecule has 0 radical (unpaired) electrons. The van der Waals surface area contributed by atoms with Crippen molar-refractivity contribution in [3.63, 3.8) is 0 Å². The van der Waals surface area contributed by atoms with E-state index in [9.17, 15) is 4.79 Å². The fraction of sp³-hybridized carbons (Fsp3) is 0.636. The highest BCUT2D eigenvalue weighted by Crippen LogP contribution is 2.31. The number of carbonyl (C=O) groups is 1. The molecule has 4 nitrogen and oxygen atoms in total. The average molecular weight is 207 g/mol. The first kappa shape index (κ1) is 10.2. The van der Waals surface area contributed by atoms with Gasteiger partial charge in [-0.1, -0.05) is 19.8 Å². The van der Waals surface area contributed by atoms with Gasteiger partial charge in [0.05, 0.1) is 6.20 Å². The first-order valence-corrected chi connectivity index (χ1v) is 5.57. The summed E-state index contributed by atoms with van der Waals surface area (Å²) in [6, 6.07) is 1.76. The van der Waals surface area contributed by atoms with Crippen molar-refractivity contribution in [1.29, 1.82) is 0 Å². The van der Waals surface area contributed by atoms with Gasteiger partial charge in [-0.2, -0.15) is 5.10 Å². The van der Waals surface area contributed by atoms with Gasteiger partial charge in [0.1, 0.15) is 5.82 Å². The molecule has 0 saturated heterocycles. The van der Waals surface area contributed by atoms with Crippen LogP contribution < -0.4 is 5.32 Å². The Bertz CT molecular complexity index is 315. The zero-order valence-corrected chi connectivity index (χ0v) is 8.99. The van der Waals surface area contributed by atoms with Crippen LogP contribution in [-0.2, 0) is 4.79 Å². The van der Waals surface area contributed by atoms with Crippen LogP contribution in [0.5, 0.6) is 0 Å². The summed E-state index contributed by atoms with van der Waals surface area (Å²) in [6.45, 7) is 2.02. The third kappa shape index (κ3) is 2.37. The van der Waals surface area contributed by atoms with Crippen molar-refractivity contribution in [2.45, 2.75) is 32.6 Å². The van der Waals surface area contributed by atoms with Gasteiger partial charge < -0.3 is 5.32 Å². The van der Waals surface area contributed by atoms with E-state index in [4.69, 9.17) is 0 Å². The van der Waals surface area contributed by atoms with Crippen LogP contribution >= 0.6 is 0 Å². The minimum atomic E-state index is 0.103. The monoisotopic (exact) mass is 207 g/mol. The molecule has 2 N–H and O–H groups in total. The standard InChI is InChI=1S/C11H17N3O/c1-8(9-4-2-3-5-9)11(15)13-10-6-7-12-14-10/h6-9H,2-5H2,1H3,(H2,12,13,14,15). The fourth-order valence-corrected chi connectivity index (χ4v) is 2.24. The van der Waals surface area contributed by atoms with Gasteiger partial charge in [0.2, 0.25) is 5.91 Å². The molecule has 15 heavy (non-hydrogen) atoms. The summed E-state index contributed by atoms with van der Waals surface area (Å²) in [5, 5.41) is 9.37. The summed E-state index contributed by atoms with van der Waals surface area (Å²) in [5.74, 6) is 1.46. The Morgan fingerprint density at radius 1 is 1.60 bits per heavy atom. The van der Waals surface area contributed by atoms with E-state index in [0.717, 1.165) is 0 Å². The summed E-state index contributed by atoms with van der Waals surface area (Å²) in [6.07, 6.45) is 6.56. The molecule has 1 atom stereocenters. The van der Waals surface area contributed by atoms with E-state index in [1.807, 2.05) is 6.92 Å². The molecule has 1 saturated carbocycles. The van der Waals surface area contributed by atoms with Crippen LogP contribution in [0.4, 0.5) is 5.82 Å². The third-order valence-electron chi connectivity index (χ3n) is 3.28. The number of carbonyl (C=O) groups excluding carboxylic acids is 1. The molecular weight excluding hydrogens is 190 g/mol. The Morgan fingerprint density at radius 2 is 2.33 bits per heavy atom. The molecule has 0 aromatic carbocycles. The maximum Gasteiger partial charge on any atom is 0.228 e.